The Balaban J connectivity index is 1.44. The number of nitrogens with zero attached hydrogens (tertiary/aromatic N) is 3. The maximum atomic E-state index is 12.9. The van der Waals surface area contributed by atoms with Crippen LogP contribution in [0.25, 0.3) is 0 Å². The molecular weight excluding hydrogens is 400 g/mol. The number of carbonyl (C=O) groups is 2. The summed E-state index contributed by atoms with van der Waals surface area (Å²) in [6, 6.07) is 17.0. The van der Waals surface area contributed by atoms with E-state index in [1.165, 1.54) is 5.56 Å². The maximum Gasteiger partial charge on any atom is 0.239 e. The van der Waals surface area contributed by atoms with Crippen molar-refractivity contribution < 1.29 is 9.59 Å². The highest BCUT2D eigenvalue weighted by Crippen LogP contribution is 2.14. The van der Waals surface area contributed by atoms with Gasteiger partial charge in [0.2, 0.25) is 11.8 Å². The first-order chi connectivity index (χ1) is 14.4. The molecule has 2 aromatic carbocycles. The van der Waals surface area contributed by atoms with E-state index in [-0.39, 0.29) is 24.4 Å². The van der Waals surface area contributed by atoms with Gasteiger partial charge in [0.1, 0.15) is 0 Å². The molecule has 6 nitrogen and oxygen atoms in total. The van der Waals surface area contributed by atoms with Gasteiger partial charge in [0.25, 0.3) is 0 Å². The van der Waals surface area contributed by atoms with Crippen LogP contribution in [0.15, 0.2) is 54.6 Å². The van der Waals surface area contributed by atoms with E-state index < -0.39 is 0 Å². The summed E-state index contributed by atoms with van der Waals surface area (Å²) in [5.41, 5.74) is 1.98. The molecule has 0 aliphatic carbocycles. The van der Waals surface area contributed by atoms with E-state index in [9.17, 15) is 9.59 Å². The first-order valence-corrected chi connectivity index (χ1v) is 10.6. The normalized spacial score (nSPS) is 15.8. The van der Waals surface area contributed by atoms with Crippen LogP contribution in [0.1, 0.15) is 12.5 Å². The van der Waals surface area contributed by atoms with Crippen molar-refractivity contribution in [1.29, 1.82) is 0 Å². The van der Waals surface area contributed by atoms with Gasteiger partial charge in [-0.1, -0.05) is 41.9 Å². The van der Waals surface area contributed by atoms with Gasteiger partial charge in [-0.25, -0.2) is 0 Å². The minimum absolute atomic E-state index is 0.0659. The van der Waals surface area contributed by atoms with Crippen molar-refractivity contribution in [2.75, 3.05) is 45.1 Å². The van der Waals surface area contributed by atoms with Crippen molar-refractivity contribution in [2.24, 2.45) is 0 Å². The van der Waals surface area contributed by atoms with E-state index in [1.807, 2.05) is 17.9 Å². The fourth-order valence-electron chi connectivity index (χ4n) is 3.52. The van der Waals surface area contributed by atoms with Gasteiger partial charge < -0.3 is 10.2 Å². The number of amides is 2. The average Bonchev–Trinajstić information content (AvgIpc) is 2.75. The second-order valence-electron chi connectivity index (χ2n) is 7.73. The van der Waals surface area contributed by atoms with Crippen LogP contribution in [-0.2, 0) is 16.1 Å². The molecule has 1 aliphatic rings. The summed E-state index contributed by atoms with van der Waals surface area (Å²) in [5, 5.41) is 3.45. The number of anilines is 1. The summed E-state index contributed by atoms with van der Waals surface area (Å²) in [4.78, 5) is 31.3. The number of carbonyl (C=O) groups excluding carboxylic acids is 2. The van der Waals surface area contributed by atoms with E-state index in [4.69, 9.17) is 11.6 Å². The van der Waals surface area contributed by atoms with E-state index in [0.29, 0.717) is 23.8 Å². The molecule has 0 spiro atoms. The van der Waals surface area contributed by atoms with Crippen LogP contribution in [0.3, 0.4) is 0 Å². The van der Waals surface area contributed by atoms with Gasteiger partial charge in [-0.2, -0.15) is 0 Å². The number of rotatable bonds is 7. The second kappa shape index (κ2) is 10.6. The zero-order chi connectivity index (χ0) is 21.5. The Morgan fingerprint density at radius 3 is 2.30 bits per heavy atom. The number of likely N-dealkylation sites (N-methyl/N-ethyl adjacent to an activating group) is 1. The van der Waals surface area contributed by atoms with Crippen molar-refractivity contribution in [1.82, 2.24) is 14.7 Å². The third kappa shape index (κ3) is 6.29. The first kappa shape index (κ1) is 22.3. The van der Waals surface area contributed by atoms with Gasteiger partial charge in [-0.15, -0.1) is 0 Å². The Morgan fingerprint density at radius 1 is 1.03 bits per heavy atom. The van der Waals surface area contributed by atoms with Gasteiger partial charge in [-0.05, 0) is 43.8 Å². The van der Waals surface area contributed by atoms with Crippen LogP contribution in [0.4, 0.5) is 5.69 Å². The highest BCUT2D eigenvalue weighted by molar-refractivity contribution is 6.30. The quantitative estimate of drug-likeness (QED) is 0.736. The summed E-state index contributed by atoms with van der Waals surface area (Å²) in [7, 11) is 1.80. The molecule has 1 saturated heterocycles. The summed E-state index contributed by atoms with van der Waals surface area (Å²) in [6.07, 6.45) is 0. The zero-order valence-corrected chi connectivity index (χ0v) is 18.3. The Hall–Kier alpha value is -2.41. The lowest BCUT2D eigenvalue weighted by molar-refractivity contribution is -0.138. The number of hydrogen-bond donors (Lipinski definition) is 1. The molecule has 0 unspecified atom stereocenters. The summed E-state index contributed by atoms with van der Waals surface area (Å²) >= 11 is 5.87. The van der Waals surface area contributed by atoms with Crippen LogP contribution < -0.4 is 5.32 Å². The second-order valence-corrected chi connectivity index (χ2v) is 8.17. The van der Waals surface area contributed by atoms with Crippen molar-refractivity contribution in [3.63, 3.8) is 0 Å². The lowest BCUT2D eigenvalue weighted by atomic mass is 10.2. The van der Waals surface area contributed by atoms with E-state index >= 15 is 0 Å². The molecule has 0 bridgehead atoms. The molecule has 0 radical (unpaired) electrons. The predicted octanol–water partition coefficient (Wildman–Crippen LogP) is 2.94. The van der Waals surface area contributed by atoms with Gasteiger partial charge >= 0.3 is 0 Å². The number of halogens is 1. The topological polar surface area (TPSA) is 55.9 Å². The van der Waals surface area contributed by atoms with Gasteiger partial charge in [-0.3, -0.25) is 19.4 Å². The lowest BCUT2D eigenvalue weighted by Crippen LogP contribution is -2.54. The molecule has 1 fully saturated rings. The van der Waals surface area contributed by atoms with Crippen molar-refractivity contribution in [3.05, 3.63) is 65.2 Å². The fourth-order valence-corrected chi connectivity index (χ4v) is 3.64. The average molecular weight is 429 g/mol. The number of nitrogens with one attached hydrogen (secondary N) is 1. The number of benzene rings is 2. The van der Waals surface area contributed by atoms with Crippen LogP contribution in [0.2, 0.25) is 5.02 Å². The third-order valence-corrected chi connectivity index (χ3v) is 5.72. The molecule has 0 aromatic heterocycles. The van der Waals surface area contributed by atoms with E-state index in [0.717, 1.165) is 19.6 Å². The third-order valence-electron chi connectivity index (χ3n) is 5.47. The minimum atomic E-state index is -0.360. The lowest BCUT2D eigenvalue weighted by Gasteiger charge is -2.37. The Morgan fingerprint density at radius 2 is 1.67 bits per heavy atom. The standard InChI is InChI=1S/C23H29ClN4O2/c1-18(26(2)17-22(29)25-21-10-8-20(24)9-11-21)23(30)28-14-12-27(13-15-28)16-19-6-4-3-5-7-19/h3-11,18H,12-17H2,1-2H3,(H,25,29)/t18-/m0/s1. The molecule has 2 aromatic rings. The molecule has 1 N–H and O–H groups in total. The minimum Gasteiger partial charge on any atom is -0.339 e. The van der Waals surface area contributed by atoms with Crippen LogP contribution in [0.5, 0.6) is 0 Å². The molecule has 30 heavy (non-hydrogen) atoms. The molecular formula is C23H29ClN4O2. The van der Waals surface area contributed by atoms with Crippen LogP contribution in [-0.4, -0.2) is 72.3 Å². The van der Waals surface area contributed by atoms with Crippen molar-refractivity contribution in [3.8, 4) is 0 Å². The van der Waals surface area contributed by atoms with Crippen LogP contribution >= 0.6 is 11.6 Å². The molecule has 7 heteroatoms. The molecule has 0 saturated carbocycles. The maximum absolute atomic E-state index is 12.9. The Kier molecular flexibility index (Phi) is 7.85. The number of piperazine rings is 1. The molecule has 1 heterocycles. The molecule has 3 rings (SSSR count). The molecule has 1 aliphatic heterocycles. The smallest absolute Gasteiger partial charge is 0.239 e. The highest BCUT2D eigenvalue weighted by Gasteiger charge is 2.27. The predicted molar refractivity (Wildman–Crippen MR) is 120 cm³/mol. The monoisotopic (exact) mass is 428 g/mol. The fraction of sp³-hybridized carbons (Fsp3) is 0.391. The van der Waals surface area contributed by atoms with E-state index in [2.05, 4.69) is 34.5 Å². The first-order valence-electron chi connectivity index (χ1n) is 10.2. The Bertz CT molecular complexity index is 836. The molecule has 160 valence electrons. The molecule has 1 atom stereocenters. The van der Waals surface area contributed by atoms with Gasteiger partial charge in [0.05, 0.1) is 12.6 Å². The van der Waals surface area contributed by atoms with Crippen molar-refractivity contribution >= 4 is 29.1 Å². The number of hydrogen-bond acceptors (Lipinski definition) is 4. The highest BCUT2D eigenvalue weighted by atomic mass is 35.5. The largest absolute Gasteiger partial charge is 0.339 e. The molecule has 2 amide bonds. The van der Waals surface area contributed by atoms with Crippen LogP contribution in [0, 0.1) is 0 Å². The van der Waals surface area contributed by atoms with Gasteiger partial charge in [0.15, 0.2) is 0 Å². The SMILES string of the molecule is C[C@@H](C(=O)N1CCN(Cc2ccccc2)CC1)N(C)CC(=O)Nc1ccc(Cl)cc1. The zero-order valence-electron chi connectivity index (χ0n) is 17.6. The summed E-state index contributed by atoms with van der Waals surface area (Å²) < 4.78 is 0. The Labute approximate surface area is 183 Å². The van der Waals surface area contributed by atoms with Crippen molar-refractivity contribution in [2.45, 2.75) is 19.5 Å². The van der Waals surface area contributed by atoms with E-state index in [1.54, 1.807) is 36.2 Å². The van der Waals surface area contributed by atoms with Gasteiger partial charge in [0, 0.05) is 43.4 Å². The summed E-state index contributed by atoms with van der Waals surface area (Å²) in [5.74, 6) is -0.0942. The summed E-state index contributed by atoms with van der Waals surface area (Å²) in [6.45, 7) is 6.03.